The van der Waals surface area contributed by atoms with Gasteiger partial charge in [-0.25, -0.2) is 0 Å². The average Bonchev–Trinajstić information content (AvgIpc) is 2.36. The Morgan fingerprint density at radius 3 is 2.37 bits per heavy atom. The second kappa shape index (κ2) is 6.81. The van der Waals surface area contributed by atoms with Gasteiger partial charge < -0.3 is 4.74 Å². The van der Waals surface area contributed by atoms with Crippen LogP contribution in [0.2, 0.25) is 10.0 Å². The second-order valence-electron chi connectivity index (χ2n) is 3.68. The largest absolute Gasteiger partial charge is 0.455 e. The van der Waals surface area contributed by atoms with E-state index in [0.29, 0.717) is 21.1 Å². The van der Waals surface area contributed by atoms with Crippen molar-refractivity contribution in [3.05, 3.63) is 54.9 Å². The van der Waals surface area contributed by atoms with Crippen molar-refractivity contribution in [1.29, 1.82) is 0 Å². The van der Waals surface area contributed by atoms with Crippen LogP contribution in [0.4, 0.5) is 0 Å². The molecular weight excluding hydrogens is 483 g/mol. The van der Waals surface area contributed by atoms with Gasteiger partial charge in [-0.05, 0) is 34.1 Å². The van der Waals surface area contributed by atoms with Crippen LogP contribution in [0.25, 0.3) is 0 Å². The van der Waals surface area contributed by atoms with Crippen molar-refractivity contribution in [2.75, 3.05) is 0 Å². The molecule has 1 nitrogen and oxygen atoms in total. The highest BCUT2D eigenvalue weighted by atomic mass is 79.9. The van der Waals surface area contributed by atoms with E-state index in [-0.39, 0.29) is 0 Å². The van der Waals surface area contributed by atoms with Gasteiger partial charge in [0.25, 0.3) is 0 Å². The molecule has 0 aliphatic carbocycles. The van der Waals surface area contributed by atoms with Crippen LogP contribution >= 0.6 is 71.0 Å². The predicted molar refractivity (Wildman–Crippen MR) is 91.0 cm³/mol. The first-order valence-electron chi connectivity index (χ1n) is 5.18. The molecule has 100 valence electrons. The molecule has 0 atom stereocenters. The molecule has 2 rings (SSSR count). The van der Waals surface area contributed by atoms with Crippen molar-refractivity contribution < 1.29 is 4.74 Å². The maximum atomic E-state index is 6.15. The van der Waals surface area contributed by atoms with Crippen molar-refractivity contribution in [3.63, 3.8) is 0 Å². The van der Waals surface area contributed by atoms with Gasteiger partial charge in [-0.1, -0.05) is 61.1 Å². The normalized spacial score (nSPS) is 10.6. The zero-order valence-corrected chi connectivity index (χ0v) is 15.7. The van der Waals surface area contributed by atoms with E-state index in [9.17, 15) is 0 Å². The van der Waals surface area contributed by atoms with Crippen molar-refractivity contribution in [1.82, 2.24) is 0 Å². The van der Waals surface area contributed by atoms with Crippen LogP contribution in [-0.2, 0) is 5.33 Å². The number of ether oxygens (including phenoxy) is 1. The molecule has 0 saturated carbocycles. The number of alkyl halides is 1. The van der Waals surface area contributed by atoms with E-state index < -0.39 is 0 Å². The molecule has 0 spiro atoms. The highest BCUT2D eigenvalue weighted by Crippen LogP contribution is 2.38. The van der Waals surface area contributed by atoms with Gasteiger partial charge in [0.2, 0.25) is 0 Å². The number of halogens is 5. The van der Waals surface area contributed by atoms with Gasteiger partial charge in [-0.15, -0.1) is 0 Å². The first-order valence-corrected chi connectivity index (χ1v) is 8.64. The average molecular weight is 490 g/mol. The van der Waals surface area contributed by atoms with Gasteiger partial charge in [0.1, 0.15) is 11.5 Å². The summed E-state index contributed by atoms with van der Waals surface area (Å²) in [5.74, 6) is 1.25. The monoisotopic (exact) mass is 486 g/mol. The second-order valence-corrected chi connectivity index (χ2v) is 6.83. The minimum Gasteiger partial charge on any atom is -0.455 e. The molecule has 0 heterocycles. The summed E-state index contributed by atoms with van der Waals surface area (Å²) in [5.41, 5.74) is 1.03. The minimum atomic E-state index is 0.497. The van der Waals surface area contributed by atoms with Gasteiger partial charge >= 0.3 is 0 Å². The smallest absolute Gasteiger partial charge is 0.147 e. The van der Waals surface area contributed by atoms with E-state index in [0.717, 1.165) is 20.3 Å². The number of hydrogen-bond donors (Lipinski definition) is 0. The van der Waals surface area contributed by atoms with Crippen LogP contribution in [0.1, 0.15) is 5.56 Å². The number of rotatable bonds is 3. The van der Waals surface area contributed by atoms with E-state index >= 15 is 0 Å². The van der Waals surface area contributed by atoms with Gasteiger partial charge in [-0.3, -0.25) is 0 Å². The third-order valence-electron chi connectivity index (χ3n) is 2.37. The van der Waals surface area contributed by atoms with Crippen LogP contribution in [0.5, 0.6) is 11.5 Å². The lowest BCUT2D eigenvalue weighted by atomic mass is 10.2. The van der Waals surface area contributed by atoms with Crippen molar-refractivity contribution >= 4 is 71.0 Å². The van der Waals surface area contributed by atoms with Crippen LogP contribution in [0.15, 0.2) is 39.3 Å². The van der Waals surface area contributed by atoms with Crippen molar-refractivity contribution in [2.45, 2.75) is 5.33 Å². The molecule has 0 amide bonds. The highest BCUT2D eigenvalue weighted by molar-refractivity contribution is 9.10. The highest BCUT2D eigenvalue weighted by Gasteiger charge is 2.10. The lowest BCUT2D eigenvalue weighted by Gasteiger charge is -2.12. The van der Waals surface area contributed by atoms with Gasteiger partial charge in [0.15, 0.2) is 0 Å². The molecule has 6 heteroatoms. The number of hydrogen-bond acceptors (Lipinski definition) is 1. The molecule has 2 aromatic carbocycles. The van der Waals surface area contributed by atoms with Crippen molar-refractivity contribution in [3.8, 4) is 11.5 Å². The van der Waals surface area contributed by atoms with E-state index in [2.05, 4.69) is 47.8 Å². The third kappa shape index (κ3) is 3.88. The maximum Gasteiger partial charge on any atom is 0.147 e. The Hall–Kier alpha value is 0.260. The molecule has 0 radical (unpaired) electrons. The van der Waals surface area contributed by atoms with Crippen LogP contribution in [0.3, 0.4) is 0 Å². The fourth-order valence-electron chi connectivity index (χ4n) is 1.43. The minimum absolute atomic E-state index is 0.497. The molecule has 0 N–H and O–H groups in total. The maximum absolute atomic E-state index is 6.15. The summed E-state index contributed by atoms with van der Waals surface area (Å²) in [7, 11) is 0. The summed E-state index contributed by atoms with van der Waals surface area (Å²) in [6.45, 7) is 0. The summed E-state index contributed by atoms with van der Waals surface area (Å²) >= 11 is 22.4. The summed E-state index contributed by atoms with van der Waals surface area (Å²) in [5, 5.41) is 1.74. The zero-order valence-electron chi connectivity index (χ0n) is 9.39. The Kier molecular flexibility index (Phi) is 5.61. The lowest BCUT2D eigenvalue weighted by molar-refractivity contribution is 0.478. The molecule has 0 bridgehead atoms. The van der Waals surface area contributed by atoms with E-state index in [1.807, 2.05) is 18.2 Å². The molecule has 19 heavy (non-hydrogen) atoms. The fraction of sp³-hybridized carbons (Fsp3) is 0.0769. The Labute approximate surface area is 146 Å². The summed E-state index contributed by atoms with van der Waals surface area (Å²) in [4.78, 5) is 0. The summed E-state index contributed by atoms with van der Waals surface area (Å²) in [6, 6.07) is 9.23. The predicted octanol–water partition coefficient (Wildman–Crippen LogP) is 7.21. The molecule has 0 saturated heterocycles. The SMILES string of the molecule is Clc1cc(Oc2cc(Br)ccc2CBr)c(Cl)cc1Br. The molecule has 0 unspecified atom stereocenters. The van der Waals surface area contributed by atoms with Crippen LogP contribution in [0, 0.1) is 0 Å². The van der Waals surface area contributed by atoms with Gasteiger partial charge in [0, 0.05) is 25.9 Å². The van der Waals surface area contributed by atoms with E-state index in [4.69, 9.17) is 27.9 Å². The fourth-order valence-corrected chi connectivity index (χ4v) is 3.07. The Balaban J connectivity index is 2.41. The Morgan fingerprint density at radius 1 is 0.947 bits per heavy atom. The van der Waals surface area contributed by atoms with Crippen molar-refractivity contribution in [2.24, 2.45) is 0 Å². The Morgan fingerprint density at radius 2 is 1.68 bits per heavy atom. The van der Waals surface area contributed by atoms with E-state index in [1.54, 1.807) is 12.1 Å². The van der Waals surface area contributed by atoms with Crippen LogP contribution < -0.4 is 4.74 Å². The molecule has 0 aliphatic heterocycles. The standard InChI is InChI=1S/C13H7Br3Cl2O/c14-6-7-1-2-8(15)3-12(7)19-13-5-10(17)9(16)4-11(13)18/h1-5H,6H2. The quantitative estimate of drug-likeness (QED) is 0.327. The zero-order chi connectivity index (χ0) is 14.0. The molecule has 2 aromatic rings. The van der Waals surface area contributed by atoms with Gasteiger partial charge in [-0.2, -0.15) is 0 Å². The molecular formula is C13H7Br3Cl2O. The first-order chi connectivity index (χ1) is 9.01. The van der Waals surface area contributed by atoms with Gasteiger partial charge in [0.05, 0.1) is 10.0 Å². The third-order valence-corrected chi connectivity index (χ3v) is 4.96. The molecule has 0 fully saturated rings. The summed E-state index contributed by atoms with van der Waals surface area (Å²) in [6.07, 6.45) is 0. The number of benzene rings is 2. The lowest BCUT2D eigenvalue weighted by Crippen LogP contribution is -1.91. The molecule has 0 aliphatic rings. The molecule has 0 aromatic heterocycles. The van der Waals surface area contributed by atoms with E-state index in [1.165, 1.54) is 0 Å². The first kappa shape index (κ1) is 15.6. The topological polar surface area (TPSA) is 9.23 Å². The van der Waals surface area contributed by atoms with Crippen LogP contribution in [-0.4, -0.2) is 0 Å². The Bertz CT molecular complexity index is 617. The summed E-state index contributed by atoms with van der Waals surface area (Å²) < 4.78 is 7.52.